The number of alkyl halides is 3. The molecule has 0 aliphatic carbocycles. The summed E-state index contributed by atoms with van der Waals surface area (Å²) in [5.74, 6) is 0. The van der Waals surface area contributed by atoms with Crippen molar-refractivity contribution < 1.29 is 13.2 Å². The number of aromatic nitrogens is 6. The average Bonchev–Trinajstić information content (AvgIpc) is 3.22. The van der Waals surface area contributed by atoms with Crippen LogP contribution in [0.25, 0.3) is 11.3 Å². The van der Waals surface area contributed by atoms with Gasteiger partial charge in [-0.15, -0.1) is 0 Å². The van der Waals surface area contributed by atoms with Gasteiger partial charge in [-0.05, 0) is 112 Å². The number of fused-ring (bicyclic) bond motifs is 2. The van der Waals surface area contributed by atoms with Crippen LogP contribution in [0.5, 0.6) is 0 Å². The van der Waals surface area contributed by atoms with Crippen molar-refractivity contribution in [2.24, 2.45) is 0 Å². The van der Waals surface area contributed by atoms with E-state index in [0.717, 1.165) is 22.1 Å². The highest BCUT2D eigenvalue weighted by atomic mass is 127. The largest absolute Gasteiger partial charge is 0.389 e. The first kappa shape index (κ1) is 25.4. The van der Waals surface area contributed by atoms with Crippen LogP contribution in [0.1, 0.15) is 12.8 Å². The Balaban J connectivity index is 0.000000194. The number of hydrogen-bond donors (Lipinski definition) is 1. The Morgan fingerprint density at radius 1 is 0.903 bits per heavy atom. The van der Waals surface area contributed by atoms with Crippen molar-refractivity contribution in [1.82, 2.24) is 29.2 Å². The van der Waals surface area contributed by atoms with Crippen molar-refractivity contribution in [3.8, 4) is 0 Å². The highest BCUT2D eigenvalue weighted by Gasteiger charge is 2.25. The first-order valence-corrected chi connectivity index (χ1v) is 12.9. The third-order valence-electron chi connectivity index (χ3n) is 3.70. The lowest BCUT2D eigenvalue weighted by Crippen LogP contribution is -2.11. The first-order valence-electron chi connectivity index (χ1n) is 8.41. The van der Waals surface area contributed by atoms with Crippen LogP contribution in [0.2, 0.25) is 0 Å². The van der Waals surface area contributed by atoms with E-state index in [2.05, 4.69) is 118 Å². The summed E-state index contributed by atoms with van der Waals surface area (Å²) < 4.78 is 43.6. The summed E-state index contributed by atoms with van der Waals surface area (Å²) in [4.78, 5) is 8.36. The minimum Gasteiger partial charge on any atom is -0.382 e. The Labute approximate surface area is 226 Å². The zero-order valence-electron chi connectivity index (χ0n) is 15.1. The summed E-state index contributed by atoms with van der Waals surface area (Å²) in [6.07, 6.45) is -1.46. The molecule has 0 saturated heterocycles. The lowest BCUT2D eigenvalue weighted by Gasteiger charge is -2.09. The monoisotopic (exact) mass is 849 g/mol. The molecule has 0 aliphatic heterocycles. The molecule has 1 N–H and O–H groups in total. The second kappa shape index (κ2) is 10.8. The molecule has 31 heavy (non-hydrogen) atoms. The lowest BCUT2D eigenvalue weighted by molar-refractivity contribution is -0.134. The molecule has 0 bridgehead atoms. The van der Waals surface area contributed by atoms with Gasteiger partial charge in [0.2, 0.25) is 0 Å². The van der Waals surface area contributed by atoms with E-state index in [1.807, 2.05) is 6.07 Å². The molecule has 4 aromatic heterocycles. The van der Waals surface area contributed by atoms with Crippen LogP contribution in [0.15, 0.2) is 38.2 Å². The van der Waals surface area contributed by atoms with Crippen LogP contribution in [-0.4, -0.2) is 41.9 Å². The average molecular weight is 852 g/mol. The van der Waals surface area contributed by atoms with E-state index in [1.54, 1.807) is 27.5 Å². The Kier molecular flexibility index (Phi) is 8.81. The molecule has 166 valence electrons. The lowest BCUT2D eigenvalue weighted by atomic mass is 10.3. The molecule has 0 spiro atoms. The fourth-order valence-corrected chi connectivity index (χ4v) is 4.95. The minimum absolute atomic E-state index is 0.0212. The summed E-state index contributed by atoms with van der Waals surface area (Å²) >= 11 is 14.2. The highest BCUT2D eigenvalue weighted by molar-refractivity contribution is 14.1. The van der Waals surface area contributed by atoms with Gasteiger partial charge in [0, 0.05) is 13.0 Å². The van der Waals surface area contributed by atoms with Crippen molar-refractivity contribution in [2.75, 3.05) is 11.9 Å². The van der Waals surface area contributed by atoms with Crippen molar-refractivity contribution >= 4 is 110 Å². The van der Waals surface area contributed by atoms with Crippen molar-refractivity contribution in [3.05, 3.63) is 45.6 Å². The number of anilines is 1. The SMILES string of the molecule is Brc1cc(Br)c2ncc(I)n2n1.FC(F)(F)CCCNc1cc(Br)nn2c(I)cnc12. The Bertz CT molecular complexity index is 1210. The van der Waals surface area contributed by atoms with Gasteiger partial charge in [-0.2, -0.15) is 23.4 Å². The quantitative estimate of drug-likeness (QED) is 0.183. The van der Waals surface area contributed by atoms with Crippen molar-refractivity contribution in [1.29, 1.82) is 0 Å². The number of nitrogens with one attached hydrogen (secondary N) is 1. The van der Waals surface area contributed by atoms with Crippen LogP contribution in [0.3, 0.4) is 0 Å². The second-order valence-corrected chi connectivity index (χ2v) is 10.7. The van der Waals surface area contributed by atoms with Crippen LogP contribution >= 0.6 is 93.0 Å². The molecule has 15 heteroatoms. The molecule has 0 radical (unpaired) electrons. The smallest absolute Gasteiger partial charge is 0.382 e. The van der Waals surface area contributed by atoms with Gasteiger partial charge in [-0.3, -0.25) is 0 Å². The van der Waals surface area contributed by atoms with Crippen LogP contribution in [0.4, 0.5) is 18.9 Å². The van der Waals surface area contributed by atoms with Gasteiger partial charge in [-0.1, -0.05) is 0 Å². The molecule has 7 nitrogen and oxygen atoms in total. The fourth-order valence-electron chi connectivity index (χ4n) is 2.43. The Morgan fingerprint density at radius 2 is 1.45 bits per heavy atom. The molecule has 4 aromatic rings. The maximum atomic E-state index is 12.0. The first-order chi connectivity index (χ1) is 14.5. The molecule has 4 heterocycles. The molecular weight excluding hydrogens is 841 g/mol. The number of imidazole rings is 2. The zero-order chi connectivity index (χ0) is 22.8. The fraction of sp³-hybridized carbons (Fsp3) is 0.250. The van der Waals surface area contributed by atoms with Crippen LogP contribution in [0, 0.1) is 7.40 Å². The van der Waals surface area contributed by atoms with Gasteiger partial charge >= 0.3 is 6.18 Å². The van der Waals surface area contributed by atoms with E-state index in [9.17, 15) is 13.2 Å². The molecule has 0 saturated carbocycles. The van der Waals surface area contributed by atoms with E-state index in [4.69, 9.17) is 0 Å². The summed E-state index contributed by atoms with van der Waals surface area (Å²) in [7, 11) is 0. The maximum absolute atomic E-state index is 12.0. The molecule has 0 amide bonds. The van der Waals surface area contributed by atoms with Crippen molar-refractivity contribution in [2.45, 2.75) is 19.0 Å². The third-order valence-corrected chi connectivity index (χ3v) is 6.53. The number of halogens is 8. The number of hydrogen-bond acceptors (Lipinski definition) is 5. The molecule has 0 aromatic carbocycles. The van der Waals surface area contributed by atoms with Gasteiger partial charge in [-0.25, -0.2) is 19.0 Å². The summed E-state index contributed by atoms with van der Waals surface area (Å²) in [6, 6.07) is 3.57. The Hall–Kier alpha value is -0.270. The standard InChI is InChI=1S/C10H9BrF3IN4.C6H2Br2IN3/c11-7-4-6(16-3-1-2-10(12,13)14)9-17-5-8(15)19(9)18-7;7-3-1-4(8)11-12-5(9)2-10-6(3)12/h4-5,16H,1-3H2;1-2H. The minimum atomic E-state index is -4.11. The van der Waals surface area contributed by atoms with Crippen LogP contribution < -0.4 is 5.32 Å². The topological polar surface area (TPSA) is 72.4 Å². The Morgan fingerprint density at radius 3 is 2.06 bits per heavy atom. The normalized spacial score (nSPS) is 11.6. The molecule has 0 fully saturated rings. The summed E-state index contributed by atoms with van der Waals surface area (Å²) in [5.41, 5.74) is 2.09. The molecule has 4 rings (SSSR count). The zero-order valence-corrected chi connectivity index (χ0v) is 24.2. The van der Waals surface area contributed by atoms with E-state index in [0.29, 0.717) is 15.9 Å². The predicted octanol–water partition coefficient (Wildman–Crippen LogP) is 6.71. The maximum Gasteiger partial charge on any atom is 0.389 e. The van der Waals surface area contributed by atoms with Crippen LogP contribution in [-0.2, 0) is 0 Å². The van der Waals surface area contributed by atoms with Gasteiger partial charge < -0.3 is 5.32 Å². The summed E-state index contributed by atoms with van der Waals surface area (Å²) in [6.45, 7) is 0.231. The molecule has 0 atom stereocenters. The number of rotatable bonds is 4. The van der Waals surface area contributed by atoms with Gasteiger partial charge in [0.15, 0.2) is 11.3 Å². The van der Waals surface area contributed by atoms with Gasteiger partial charge in [0.05, 0.1) is 22.6 Å². The van der Waals surface area contributed by atoms with Crippen molar-refractivity contribution in [3.63, 3.8) is 0 Å². The molecule has 0 aliphatic rings. The van der Waals surface area contributed by atoms with Gasteiger partial charge in [0.1, 0.15) is 16.6 Å². The molecular formula is C16H11Br3F3I2N7. The second-order valence-electron chi connectivity index (χ2n) is 5.97. The highest BCUT2D eigenvalue weighted by Crippen LogP contribution is 2.24. The van der Waals surface area contributed by atoms with E-state index in [1.165, 1.54) is 0 Å². The molecule has 0 unspecified atom stereocenters. The van der Waals surface area contributed by atoms with E-state index in [-0.39, 0.29) is 13.0 Å². The van der Waals surface area contributed by atoms with Gasteiger partial charge in [0.25, 0.3) is 0 Å². The van der Waals surface area contributed by atoms with E-state index >= 15 is 0 Å². The third kappa shape index (κ3) is 6.86. The van der Waals surface area contributed by atoms with E-state index < -0.39 is 12.6 Å². The summed E-state index contributed by atoms with van der Waals surface area (Å²) in [5, 5.41) is 11.4. The number of nitrogens with zero attached hydrogens (tertiary/aromatic N) is 6. The predicted molar refractivity (Wildman–Crippen MR) is 138 cm³/mol.